The van der Waals surface area contributed by atoms with Gasteiger partial charge in [0, 0.05) is 11.8 Å². The van der Waals surface area contributed by atoms with Crippen LogP contribution in [0.1, 0.15) is 39.7 Å². The summed E-state index contributed by atoms with van der Waals surface area (Å²) in [6.45, 7) is 0. The van der Waals surface area contributed by atoms with Gasteiger partial charge in [-0.15, -0.1) is 0 Å². The van der Waals surface area contributed by atoms with E-state index in [1.165, 1.54) is 4.90 Å². The Morgan fingerprint density at radius 3 is 1.52 bits per heavy atom. The highest BCUT2D eigenvalue weighted by atomic mass is 16.2. The molecule has 1 heterocycles. The van der Waals surface area contributed by atoms with E-state index in [0.717, 1.165) is 22.3 Å². The van der Waals surface area contributed by atoms with Crippen LogP contribution in [0, 0.1) is 23.2 Å². The third-order valence-electron chi connectivity index (χ3n) is 6.71. The topological polar surface area (TPSA) is 61.2 Å². The maximum absolute atomic E-state index is 13.6. The zero-order valence-corrected chi connectivity index (χ0v) is 15.4. The number of nitriles is 1. The van der Waals surface area contributed by atoms with Gasteiger partial charge in [0.05, 0.1) is 23.1 Å². The summed E-state index contributed by atoms with van der Waals surface area (Å²) in [5.74, 6) is -1.50. The molecular formula is C25H16N2O2. The van der Waals surface area contributed by atoms with Crippen molar-refractivity contribution in [1.29, 1.82) is 5.26 Å². The molecule has 7 rings (SSSR count). The Morgan fingerprint density at radius 1 is 0.655 bits per heavy atom. The molecule has 2 unspecified atom stereocenters. The zero-order chi connectivity index (χ0) is 19.7. The van der Waals surface area contributed by atoms with Gasteiger partial charge in [-0.2, -0.15) is 5.26 Å². The summed E-state index contributed by atoms with van der Waals surface area (Å²) in [7, 11) is 0. The number of hydrogen-bond acceptors (Lipinski definition) is 3. The van der Waals surface area contributed by atoms with Crippen LogP contribution in [0.25, 0.3) is 0 Å². The first kappa shape index (κ1) is 16.3. The van der Waals surface area contributed by atoms with E-state index in [4.69, 9.17) is 0 Å². The number of hydrogen-bond donors (Lipinski definition) is 0. The van der Waals surface area contributed by atoms with E-state index in [0.29, 0.717) is 11.3 Å². The number of para-hydroxylation sites is 1. The third-order valence-corrected chi connectivity index (χ3v) is 6.71. The molecule has 3 aromatic carbocycles. The highest BCUT2D eigenvalue weighted by molar-refractivity contribution is 6.24. The van der Waals surface area contributed by atoms with Crippen LogP contribution < -0.4 is 4.90 Å². The second-order valence-electron chi connectivity index (χ2n) is 7.91. The van der Waals surface area contributed by atoms with Crippen LogP contribution in [0.15, 0.2) is 72.8 Å². The highest BCUT2D eigenvalue weighted by Gasteiger charge is 2.61. The van der Waals surface area contributed by atoms with Gasteiger partial charge < -0.3 is 0 Å². The molecule has 3 aliphatic carbocycles. The van der Waals surface area contributed by atoms with Gasteiger partial charge in [0.15, 0.2) is 0 Å². The van der Waals surface area contributed by atoms with Crippen molar-refractivity contribution in [3.05, 3.63) is 101 Å². The summed E-state index contributed by atoms with van der Waals surface area (Å²) in [5, 5.41) is 9.51. The minimum Gasteiger partial charge on any atom is -0.274 e. The van der Waals surface area contributed by atoms with Gasteiger partial charge in [-0.25, -0.2) is 4.90 Å². The lowest BCUT2D eigenvalue weighted by Crippen LogP contribution is -2.41. The Morgan fingerprint density at radius 2 is 1.07 bits per heavy atom. The number of carbonyl (C=O) groups is 2. The molecule has 1 aliphatic heterocycles. The van der Waals surface area contributed by atoms with Gasteiger partial charge in [-0.05, 0) is 34.4 Å². The lowest BCUT2D eigenvalue weighted by molar-refractivity contribution is -0.122. The normalized spacial score (nSPS) is 26.0. The van der Waals surface area contributed by atoms with Crippen molar-refractivity contribution in [3.63, 3.8) is 0 Å². The molecule has 4 aliphatic rings. The fourth-order valence-corrected chi connectivity index (χ4v) is 5.68. The SMILES string of the molecule is N#Cc1ccccc1N1C(=O)C2C3c4ccccc4C(c4ccccc43)C2C1=O. The van der Waals surface area contributed by atoms with Crippen molar-refractivity contribution >= 4 is 17.5 Å². The van der Waals surface area contributed by atoms with Gasteiger partial charge >= 0.3 is 0 Å². The van der Waals surface area contributed by atoms with E-state index in [-0.39, 0.29) is 23.7 Å². The van der Waals surface area contributed by atoms with Crippen LogP contribution in [0.4, 0.5) is 5.69 Å². The van der Waals surface area contributed by atoms with Gasteiger partial charge in [-0.3, -0.25) is 9.59 Å². The van der Waals surface area contributed by atoms with Crippen LogP contribution in [0.5, 0.6) is 0 Å². The Labute approximate surface area is 168 Å². The van der Waals surface area contributed by atoms with Gasteiger partial charge in [0.1, 0.15) is 6.07 Å². The molecule has 2 bridgehead atoms. The minimum atomic E-state index is -0.427. The summed E-state index contributed by atoms with van der Waals surface area (Å²) in [6, 6.07) is 25.3. The molecule has 0 saturated carbocycles. The number of amides is 2. The van der Waals surface area contributed by atoms with Crippen LogP contribution >= 0.6 is 0 Å². The quantitative estimate of drug-likeness (QED) is 0.604. The Kier molecular flexibility index (Phi) is 3.17. The second-order valence-corrected chi connectivity index (χ2v) is 7.91. The zero-order valence-electron chi connectivity index (χ0n) is 15.4. The van der Waals surface area contributed by atoms with E-state index < -0.39 is 11.8 Å². The lowest BCUT2D eigenvalue weighted by Gasteiger charge is -2.45. The van der Waals surface area contributed by atoms with Gasteiger partial charge in [0.2, 0.25) is 11.8 Å². The molecule has 2 atom stereocenters. The standard InChI is InChI=1S/C25H16N2O2/c26-13-14-7-1-6-12-19(14)27-24(28)22-20-15-8-2-3-9-16(15)21(23(22)25(27)29)18-11-5-4-10-17(18)20/h1-12,20-23H. The van der Waals surface area contributed by atoms with E-state index >= 15 is 0 Å². The molecule has 138 valence electrons. The van der Waals surface area contributed by atoms with E-state index in [9.17, 15) is 14.9 Å². The molecule has 0 N–H and O–H groups in total. The van der Waals surface area contributed by atoms with Crippen molar-refractivity contribution in [3.8, 4) is 6.07 Å². The minimum absolute atomic E-state index is 0.131. The van der Waals surface area contributed by atoms with E-state index in [1.54, 1.807) is 24.3 Å². The Balaban J connectivity index is 1.59. The summed E-state index contributed by atoms with van der Waals surface area (Å²) in [6.07, 6.45) is 0. The summed E-state index contributed by atoms with van der Waals surface area (Å²) < 4.78 is 0. The first-order valence-corrected chi connectivity index (χ1v) is 9.77. The third kappa shape index (κ3) is 1.92. The number of anilines is 1. The van der Waals surface area contributed by atoms with E-state index in [2.05, 4.69) is 30.3 Å². The average Bonchev–Trinajstić information content (AvgIpc) is 3.04. The van der Waals surface area contributed by atoms with Crippen LogP contribution in [0.2, 0.25) is 0 Å². The van der Waals surface area contributed by atoms with Crippen LogP contribution in [-0.2, 0) is 9.59 Å². The molecule has 4 heteroatoms. The smallest absolute Gasteiger partial charge is 0.238 e. The number of benzene rings is 3. The fourth-order valence-electron chi connectivity index (χ4n) is 5.68. The number of imide groups is 1. The summed E-state index contributed by atoms with van der Waals surface area (Å²) in [5.41, 5.74) is 5.33. The molecular weight excluding hydrogens is 360 g/mol. The summed E-state index contributed by atoms with van der Waals surface area (Å²) in [4.78, 5) is 28.5. The second kappa shape index (κ2) is 5.65. The predicted octanol–water partition coefficient (Wildman–Crippen LogP) is 3.95. The molecule has 29 heavy (non-hydrogen) atoms. The van der Waals surface area contributed by atoms with Crippen molar-refractivity contribution in [2.24, 2.45) is 11.8 Å². The molecule has 0 radical (unpaired) electrons. The first-order chi connectivity index (χ1) is 14.2. The van der Waals surface area contributed by atoms with Crippen LogP contribution in [0.3, 0.4) is 0 Å². The molecule has 0 aromatic heterocycles. The molecule has 1 saturated heterocycles. The number of rotatable bonds is 1. The fraction of sp³-hybridized carbons (Fsp3) is 0.160. The largest absolute Gasteiger partial charge is 0.274 e. The molecule has 0 spiro atoms. The number of carbonyl (C=O) groups excluding carboxylic acids is 2. The van der Waals surface area contributed by atoms with Gasteiger partial charge in [-0.1, -0.05) is 60.7 Å². The Bertz CT molecular complexity index is 1140. The highest BCUT2D eigenvalue weighted by Crippen LogP contribution is 2.61. The van der Waals surface area contributed by atoms with Gasteiger partial charge in [0.25, 0.3) is 0 Å². The average molecular weight is 376 g/mol. The molecule has 4 nitrogen and oxygen atoms in total. The monoisotopic (exact) mass is 376 g/mol. The van der Waals surface area contributed by atoms with E-state index in [1.807, 2.05) is 24.3 Å². The summed E-state index contributed by atoms with van der Waals surface area (Å²) >= 11 is 0. The molecule has 2 amide bonds. The van der Waals surface area contributed by atoms with Crippen molar-refractivity contribution in [2.45, 2.75) is 11.8 Å². The predicted molar refractivity (Wildman–Crippen MR) is 107 cm³/mol. The lowest BCUT2D eigenvalue weighted by atomic mass is 9.55. The van der Waals surface area contributed by atoms with Crippen molar-refractivity contribution in [1.82, 2.24) is 0 Å². The first-order valence-electron chi connectivity index (χ1n) is 9.77. The molecule has 1 fully saturated rings. The van der Waals surface area contributed by atoms with Crippen molar-refractivity contribution in [2.75, 3.05) is 4.90 Å². The Hall–Kier alpha value is -3.71. The number of nitrogens with zero attached hydrogens (tertiary/aromatic N) is 2. The maximum atomic E-state index is 13.6. The van der Waals surface area contributed by atoms with Crippen molar-refractivity contribution < 1.29 is 9.59 Å². The maximum Gasteiger partial charge on any atom is 0.238 e. The van der Waals surface area contributed by atoms with Crippen LogP contribution in [-0.4, -0.2) is 11.8 Å². The molecule has 3 aromatic rings.